The Kier molecular flexibility index (Phi) is 51.1. The molecule has 3 N–H and O–H groups in total. The summed E-state index contributed by atoms with van der Waals surface area (Å²) in [4.78, 5) is 26.2. The number of aliphatic hydroxyl groups excluding tert-OH is 2. The Hall–Kier alpha value is -2.70. The second-order valence-electron chi connectivity index (χ2n) is 19.0. The van der Waals surface area contributed by atoms with Gasteiger partial charge in [0.05, 0.1) is 25.2 Å². The molecular formula is C60H107NO5. The fraction of sp³-hybridized carbons (Fsp3) is 0.767. The molecule has 382 valence electrons. The summed E-state index contributed by atoms with van der Waals surface area (Å²) >= 11 is 0. The number of nitrogens with one attached hydrogen (secondary N) is 1. The summed E-state index contributed by atoms with van der Waals surface area (Å²) in [5.74, 6) is -0.555. The van der Waals surface area contributed by atoms with Crippen LogP contribution in [0.3, 0.4) is 0 Å². The Labute approximate surface area is 409 Å². The lowest BCUT2D eigenvalue weighted by Crippen LogP contribution is -2.46. The summed E-state index contributed by atoms with van der Waals surface area (Å²) in [6.07, 6.45) is 68.3. The van der Waals surface area contributed by atoms with E-state index in [-0.39, 0.29) is 24.9 Å². The third kappa shape index (κ3) is 47.8. The Balaban J connectivity index is 4.63. The molecule has 0 rings (SSSR count). The van der Waals surface area contributed by atoms with Crippen molar-refractivity contribution in [2.45, 2.75) is 289 Å². The predicted molar refractivity (Wildman–Crippen MR) is 287 cm³/mol. The second kappa shape index (κ2) is 53.3. The second-order valence-corrected chi connectivity index (χ2v) is 19.0. The number of amides is 1. The number of ether oxygens (including phenoxy) is 1. The third-order valence-electron chi connectivity index (χ3n) is 12.5. The number of carbonyl (C=O) groups is 2. The van der Waals surface area contributed by atoms with Crippen molar-refractivity contribution in [1.82, 2.24) is 5.32 Å². The van der Waals surface area contributed by atoms with Crippen molar-refractivity contribution in [3.63, 3.8) is 0 Å². The van der Waals surface area contributed by atoms with Crippen molar-refractivity contribution >= 4 is 11.9 Å². The SMILES string of the molecule is CC/C=C/C/C=C/C/C=C/C/C=C/CCCCCC(=O)OC(CCC/C=C/C=C/CCCCCCCCC)CC(=O)NC(CO)C(O)CCCCCCCCCCCCCCCCCCC. The Morgan fingerprint density at radius 3 is 1.36 bits per heavy atom. The van der Waals surface area contributed by atoms with Gasteiger partial charge in [-0.3, -0.25) is 9.59 Å². The van der Waals surface area contributed by atoms with Gasteiger partial charge in [0.1, 0.15) is 6.10 Å². The summed E-state index contributed by atoms with van der Waals surface area (Å²) in [6, 6.07) is -0.726. The van der Waals surface area contributed by atoms with E-state index in [1.807, 2.05) is 0 Å². The molecule has 0 aliphatic rings. The minimum absolute atomic E-state index is 0.0297. The predicted octanol–water partition coefficient (Wildman–Crippen LogP) is 17.3. The first kappa shape index (κ1) is 63.3. The van der Waals surface area contributed by atoms with E-state index in [9.17, 15) is 19.8 Å². The summed E-state index contributed by atoms with van der Waals surface area (Å²) < 4.78 is 5.91. The molecule has 0 bridgehead atoms. The smallest absolute Gasteiger partial charge is 0.306 e. The molecule has 0 fully saturated rings. The zero-order chi connectivity index (χ0) is 48.1. The van der Waals surface area contributed by atoms with Gasteiger partial charge in [0.25, 0.3) is 0 Å². The van der Waals surface area contributed by atoms with Crippen LogP contribution in [0.4, 0.5) is 0 Å². The minimum atomic E-state index is -0.808. The molecule has 0 aliphatic carbocycles. The molecule has 0 aromatic rings. The number of unbranched alkanes of at least 4 members (excludes halogenated alkanes) is 27. The fourth-order valence-corrected chi connectivity index (χ4v) is 8.30. The number of carbonyl (C=O) groups excluding carboxylic acids is 2. The number of esters is 1. The summed E-state index contributed by atoms with van der Waals surface area (Å²) in [5.41, 5.74) is 0. The van der Waals surface area contributed by atoms with Crippen LogP contribution >= 0.6 is 0 Å². The highest BCUT2D eigenvalue weighted by atomic mass is 16.5. The van der Waals surface area contributed by atoms with Gasteiger partial charge in [-0.25, -0.2) is 0 Å². The first-order chi connectivity index (χ1) is 32.5. The lowest BCUT2D eigenvalue weighted by atomic mass is 10.0. The van der Waals surface area contributed by atoms with Crippen LogP contribution in [0.2, 0.25) is 0 Å². The highest BCUT2D eigenvalue weighted by Gasteiger charge is 2.24. The molecule has 3 atom stereocenters. The van der Waals surface area contributed by atoms with Crippen LogP contribution in [-0.4, -0.2) is 46.9 Å². The van der Waals surface area contributed by atoms with Crippen LogP contribution in [0, 0.1) is 0 Å². The summed E-state index contributed by atoms with van der Waals surface area (Å²) in [7, 11) is 0. The van der Waals surface area contributed by atoms with Crippen molar-refractivity contribution in [3.05, 3.63) is 72.9 Å². The lowest BCUT2D eigenvalue weighted by Gasteiger charge is -2.24. The molecule has 0 aliphatic heterocycles. The average Bonchev–Trinajstić information content (AvgIpc) is 3.31. The number of aliphatic hydroxyl groups is 2. The van der Waals surface area contributed by atoms with Gasteiger partial charge in [0, 0.05) is 6.42 Å². The third-order valence-corrected chi connectivity index (χ3v) is 12.5. The lowest BCUT2D eigenvalue weighted by molar-refractivity contribution is -0.151. The number of hydrogen-bond donors (Lipinski definition) is 3. The first-order valence-corrected chi connectivity index (χ1v) is 28.2. The van der Waals surface area contributed by atoms with E-state index >= 15 is 0 Å². The molecule has 6 heteroatoms. The molecule has 6 nitrogen and oxygen atoms in total. The number of allylic oxidation sites excluding steroid dienone is 12. The van der Waals surface area contributed by atoms with Crippen molar-refractivity contribution in [2.75, 3.05) is 6.61 Å². The zero-order valence-corrected chi connectivity index (χ0v) is 43.6. The molecule has 0 saturated carbocycles. The molecule has 0 heterocycles. The van der Waals surface area contributed by atoms with Crippen molar-refractivity contribution in [2.24, 2.45) is 0 Å². The Morgan fingerprint density at radius 1 is 0.470 bits per heavy atom. The van der Waals surface area contributed by atoms with E-state index in [0.717, 1.165) is 89.9 Å². The normalized spacial score (nSPS) is 13.7. The standard InChI is InChI=1S/C60H107NO5/c1-4-7-10-13-16-19-22-25-28-30-31-34-37-40-43-46-49-52-58(63)57(55-62)61-59(64)54-56(51-48-45-42-39-36-33-27-24-21-18-15-12-9-6-3)66-60(65)53-50-47-44-41-38-35-32-29-26-23-20-17-14-11-8-5-2/h8,11,17,20,26,29,33,35-36,38-39,42,56-58,62-63H,4-7,9-10,12-16,18-19,21-25,27-28,30-32,34,37,40-41,43-55H2,1-3H3,(H,61,64)/b11-8+,20-17+,29-26+,36-33+,38-35+,42-39+. The average molecular weight is 923 g/mol. The van der Waals surface area contributed by atoms with E-state index in [4.69, 9.17) is 4.74 Å². The van der Waals surface area contributed by atoms with E-state index in [0.29, 0.717) is 19.3 Å². The maximum atomic E-state index is 13.2. The molecular weight excluding hydrogens is 815 g/mol. The van der Waals surface area contributed by atoms with Crippen molar-refractivity contribution in [3.8, 4) is 0 Å². The maximum absolute atomic E-state index is 13.2. The van der Waals surface area contributed by atoms with E-state index in [1.54, 1.807) is 0 Å². The Morgan fingerprint density at radius 2 is 0.879 bits per heavy atom. The van der Waals surface area contributed by atoms with Crippen LogP contribution in [0.1, 0.15) is 271 Å². The van der Waals surface area contributed by atoms with Crippen molar-refractivity contribution < 1.29 is 24.5 Å². The summed E-state index contributed by atoms with van der Waals surface area (Å²) in [6.45, 7) is 6.36. The minimum Gasteiger partial charge on any atom is -0.462 e. The number of rotatable bonds is 50. The van der Waals surface area contributed by atoms with E-state index < -0.39 is 18.2 Å². The topological polar surface area (TPSA) is 95.9 Å². The molecule has 0 spiro atoms. The largest absolute Gasteiger partial charge is 0.462 e. The van der Waals surface area contributed by atoms with E-state index in [2.05, 4.69) is 99.0 Å². The van der Waals surface area contributed by atoms with Crippen LogP contribution in [0.15, 0.2) is 72.9 Å². The molecule has 66 heavy (non-hydrogen) atoms. The molecule has 1 amide bonds. The summed E-state index contributed by atoms with van der Waals surface area (Å²) in [5, 5.41) is 23.9. The zero-order valence-electron chi connectivity index (χ0n) is 43.6. The molecule has 0 saturated heterocycles. The van der Waals surface area contributed by atoms with Gasteiger partial charge in [-0.1, -0.05) is 248 Å². The molecule has 3 unspecified atom stereocenters. The van der Waals surface area contributed by atoms with Gasteiger partial charge < -0.3 is 20.3 Å². The van der Waals surface area contributed by atoms with Gasteiger partial charge in [0.2, 0.25) is 5.91 Å². The highest BCUT2D eigenvalue weighted by Crippen LogP contribution is 2.17. The van der Waals surface area contributed by atoms with Crippen LogP contribution in [0.5, 0.6) is 0 Å². The maximum Gasteiger partial charge on any atom is 0.306 e. The molecule has 0 radical (unpaired) electrons. The molecule has 0 aromatic carbocycles. The van der Waals surface area contributed by atoms with Gasteiger partial charge in [0.15, 0.2) is 0 Å². The fourth-order valence-electron chi connectivity index (χ4n) is 8.30. The molecule has 0 aromatic heterocycles. The Bertz CT molecular complexity index is 1220. The highest BCUT2D eigenvalue weighted by molar-refractivity contribution is 5.77. The van der Waals surface area contributed by atoms with Crippen molar-refractivity contribution in [1.29, 1.82) is 0 Å². The van der Waals surface area contributed by atoms with E-state index in [1.165, 1.54) is 135 Å². The van der Waals surface area contributed by atoms with Gasteiger partial charge in [-0.15, -0.1) is 0 Å². The van der Waals surface area contributed by atoms with Crippen LogP contribution in [0.25, 0.3) is 0 Å². The van der Waals surface area contributed by atoms with Gasteiger partial charge in [-0.2, -0.15) is 0 Å². The van der Waals surface area contributed by atoms with Crippen LogP contribution < -0.4 is 5.32 Å². The van der Waals surface area contributed by atoms with Gasteiger partial charge in [-0.05, 0) is 83.5 Å². The van der Waals surface area contributed by atoms with Crippen LogP contribution in [-0.2, 0) is 14.3 Å². The monoisotopic (exact) mass is 922 g/mol. The quantitative estimate of drug-likeness (QED) is 0.0244. The number of hydrogen-bond acceptors (Lipinski definition) is 5. The van der Waals surface area contributed by atoms with Gasteiger partial charge >= 0.3 is 5.97 Å². The first-order valence-electron chi connectivity index (χ1n) is 28.2.